The van der Waals surface area contributed by atoms with E-state index in [0.717, 1.165) is 29.9 Å². The maximum absolute atomic E-state index is 13.3. The third kappa shape index (κ3) is 4.63. The van der Waals surface area contributed by atoms with Gasteiger partial charge in [-0.15, -0.1) is 17.5 Å². The molecule has 0 atom stereocenters. The first-order valence-corrected chi connectivity index (χ1v) is 9.86. The molecule has 0 bridgehead atoms. The number of likely N-dealkylation sites (N-methyl/N-ethyl adjacent to an activating group) is 1. The summed E-state index contributed by atoms with van der Waals surface area (Å²) in [5.74, 6) is 0.183. The molecule has 1 aromatic carbocycles. The van der Waals surface area contributed by atoms with E-state index in [1.807, 2.05) is 24.3 Å². The number of aryl methyl sites for hydroxylation is 1. The van der Waals surface area contributed by atoms with Gasteiger partial charge in [0.1, 0.15) is 5.56 Å². The van der Waals surface area contributed by atoms with Gasteiger partial charge in [0.05, 0.1) is 17.3 Å². The summed E-state index contributed by atoms with van der Waals surface area (Å²) in [6.07, 6.45) is 1.69. The lowest BCUT2D eigenvalue weighted by molar-refractivity contribution is 0.0981. The lowest BCUT2D eigenvalue weighted by Gasteiger charge is -2.24. The number of hydrogen-bond donors (Lipinski definition) is 0. The molecular weight excluding hydrogens is 398 g/mol. The lowest BCUT2D eigenvalue weighted by atomic mass is 10.3. The van der Waals surface area contributed by atoms with E-state index in [9.17, 15) is 4.79 Å². The van der Waals surface area contributed by atoms with Crippen LogP contribution in [-0.2, 0) is 7.05 Å². The van der Waals surface area contributed by atoms with Crippen molar-refractivity contribution >= 4 is 45.0 Å². The number of anilines is 1. The minimum atomic E-state index is -0.147. The van der Waals surface area contributed by atoms with Crippen LogP contribution < -0.4 is 9.64 Å². The number of hydrogen-bond acceptors (Lipinski definition) is 6. The maximum Gasteiger partial charge on any atom is 0.267 e. The molecule has 2 aromatic heterocycles. The van der Waals surface area contributed by atoms with Gasteiger partial charge in [-0.3, -0.25) is 14.4 Å². The highest BCUT2D eigenvalue weighted by Gasteiger charge is 2.26. The van der Waals surface area contributed by atoms with Crippen molar-refractivity contribution in [2.45, 2.75) is 13.8 Å². The Morgan fingerprint density at radius 3 is 2.57 bits per heavy atom. The molecule has 0 saturated carbocycles. The van der Waals surface area contributed by atoms with Gasteiger partial charge in [0.2, 0.25) is 5.88 Å². The van der Waals surface area contributed by atoms with Crippen molar-refractivity contribution < 1.29 is 9.53 Å². The largest absolute Gasteiger partial charge is 0.479 e. The molecule has 0 spiro atoms. The Morgan fingerprint density at radius 1 is 1.21 bits per heavy atom. The second-order valence-electron chi connectivity index (χ2n) is 6.17. The summed E-state index contributed by atoms with van der Waals surface area (Å²) in [4.78, 5) is 22.1. The molecule has 0 aliphatic rings. The lowest BCUT2D eigenvalue weighted by Crippen LogP contribution is -2.38. The Hall–Kier alpha value is -2.16. The van der Waals surface area contributed by atoms with Gasteiger partial charge in [0, 0.05) is 26.3 Å². The van der Waals surface area contributed by atoms with Crippen LogP contribution in [0.3, 0.4) is 0 Å². The Labute approximate surface area is 175 Å². The van der Waals surface area contributed by atoms with Crippen LogP contribution in [0.15, 0.2) is 30.5 Å². The van der Waals surface area contributed by atoms with E-state index in [-0.39, 0.29) is 18.3 Å². The molecule has 9 heteroatoms. The van der Waals surface area contributed by atoms with Crippen LogP contribution in [0.2, 0.25) is 0 Å². The summed E-state index contributed by atoms with van der Waals surface area (Å²) >= 11 is 1.52. The van der Waals surface area contributed by atoms with Gasteiger partial charge in [-0.05, 0) is 25.2 Å². The van der Waals surface area contributed by atoms with Crippen molar-refractivity contribution in [3.8, 4) is 5.88 Å². The van der Waals surface area contributed by atoms with Crippen LogP contribution in [0.1, 0.15) is 24.2 Å². The third-order valence-electron chi connectivity index (χ3n) is 4.51. The number of para-hydroxylation sites is 1. The van der Waals surface area contributed by atoms with Crippen LogP contribution in [-0.4, -0.2) is 58.9 Å². The van der Waals surface area contributed by atoms with Crippen molar-refractivity contribution in [2.24, 2.45) is 7.05 Å². The first kappa shape index (κ1) is 22.1. The fraction of sp³-hybridized carbons (Fsp3) is 0.421. The number of ether oxygens (including phenoxy) is 1. The number of methoxy groups -OCH3 is 1. The normalized spacial score (nSPS) is 10.9. The molecular formula is C19H26ClN5O2S. The number of amides is 1. The van der Waals surface area contributed by atoms with E-state index in [1.54, 1.807) is 22.8 Å². The zero-order valence-electron chi connectivity index (χ0n) is 16.6. The molecule has 0 saturated heterocycles. The molecule has 3 aromatic rings. The smallest absolute Gasteiger partial charge is 0.267 e. The van der Waals surface area contributed by atoms with Gasteiger partial charge in [-0.1, -0.05) is 37.3 Å². The number of carbonyl (C=O) groups is 1. The van der Waals surface area contributed by atoms with Crippen molar-refractivity contribution in [2.75, 3.05) is 38.2 Å². The average molecular weight is 424 g/mol. The number of aromatic nitrogens is 3. The molecule has 0 N–H and O–H groups in total. The minimum absolute atomic E-state index is 0. The van der Waals surface area contributed by atoms with Crippen LogP contribution in [0.5, 0.6) is 5.88 Å². The second kappa shape index (κ2) is 9.86. The third-order valence-corrected chi connectivity index (χ3v) is 5.57. The number of halogens is 1. The Kier molecular flexibility index (Phi) is 7.79. The minimum Gasteiger partial charge on any atom is -0.479 e. The highest BCUT2D eigenvalue weighted by Crippen LogP contribution is 2.30. The van der Waals surface area contributed by atoms with Gasteiger partial charge in [-0.2, -0.15) is 0 Å². The highest BCUT2D eigenvalue weighted by atomic mass is 35.5. The predicted octanol–water partition coefficient (Wildman–Crippen LogP) is 3.45. The number of carbonyl (C=O) groups excluding carboxylic acids is 1. The molecule has 7 nitrogen and oxygen atoms in total. The highest BCUT2D eigenvalue weighted by molar-refractivity contribution is 7.22. The molecule has 3 rings (SSSR count). The van der Waals surface area contributed by atoms with E-state index in [1.165, 1.54) is 18.4 Å². The predicted molar refractivity (Wildman–Crippen MR) is 116 cm³/mol. The van der Waals surface area contributed by atoms with Crippen molar-refractivity contribution in [3.63, 3.8) is 0 Å². The fourth-order valence-electron chi connectivity index (χ4n) is 2.95. The van der Waals surface area contributed by atoms with Gasteiger partial charge >= 0.3 is 0 Å². The van der Waals surface area contributed by atoms with Crippen molar-refractivity contribution in [3.05, 3.63) is 36.0 Å². The summed E-state index contributed by atoms with van der Waals surface area (Å²) in [5, 5.41) is 4.91. The number of nitrogens with zero attached hydrogens (tertiary/aromatic N) is 5. The van der Waals surface area contributed by atoms with Crippen LogP contribution in [0.4, 0.5) is 5.13 Å². The van der Waals surface area contributed by atoms with E-state index in [2.05, 4.69) is 28.8 Å². The number of benzene rings is 1. The van der Waals surface area contributed by atoms with E-state index in [4.69, 9.17) is 4.74 Å². The van der Waals surface area contributed by atoms with Gasteiger partial charge < -0.3 is 9.64 Å². The SMILES string of the molecule is CCN(CC)CCN(C(=O)c1cn(C)nc1OC)c1nc2ccccc2s1.Cl. The van der Waals surface area contributed by atoms with Crippen LogP contribution in [0.25, 0.3) is 10.2 Å². The number of thiazole rings is 1. The van der Waals surface area contributed by atoms with Gasteiger partial charge in [0.25, 0.3) is 5.91 Å². The summed E-state index contributed by atoms with van der Waals surface area (Å²) in [5.41, 5.74) is 1.34. The average Bonchev–Trinajstić information content (AvgIpc) is 3.27. The van der Waals surface area contributed by atoms with Crippen LogP contribution in [0, 0.1) is 0 Å². The fourth-order valence-corrected chi connectivity index (χ4v) is 3.94. The molecule has 0 unspecified atom stereocenters. The zero-order valence-corrected chi connectivity index (χ0v) is 18.2. The zero-order chi connectivity index (χ0) is 19.4. The molecule has 0 aliphatic heterocycles. The summed E-state index contributed by atoms with van der Waals surface area (Å²) < 4.78 is 7.94. The van der Waals surface area contributed by atoms with Crippen LogP contribution >= 0.6 is 23.7 Å². The van der Waals surface area contributed by atoms with Crippen molar-refractivity contribution in [1.29, 1.82) is 0 Å². The van der Waals surface area contributed by atoms with Crippen molar-refractivity contribution in [1.82, 2.24) is 19.7 Å². The molecule has 1 amide bonds. The maximum atomic E-state index is 13.3. The first-order valence-electron chi connectivity index (χ1n) is 9.04. The second-order valence-corrected chi connectivity index (χ2v) is 7.18. The van der Waals surface area contributed by atoms with E-state index < -0.39 is 0 Å². The molecule has 0 fully saturated rings. The van der Waals surface area contributed by atoms with E-state index in [0.29, 0.717) is 23.1 Å². The first-order chi connectivity index (χ1) is 13.1. The molecule has 0 aliphatic carbocycles. The number of rotatable bonds is 8. The molecule has 2 heterocycles. The standard InChI is InChI=1S/C19H25N5O2S.ClH/c1-5-23(6-2)11-12-24(18(25)14-13-22(3)21-17(14)26-4)19-20-15-9-7-8-10-16(15)27-19;/h7-10,13H,5-6,11-12H2,1-4H3;1H. The topological polar surface area (TPSA) is 63.5 Å². The Bertz CT molecular complexity index is 889. The van der Waals surface area contributed by atoms with E-state index >= 15 is 0 Å². The molecule has 0 radical (unpaired) electrons. The Balaban J connectivity index is 0.00000280. The summed E-state index contributed by atoms with van der Waals surface area (Å²) in [6.45, 7) is 7.45. The molecule has 28 heavy (non-hydrogen) atoms. The summed E-state index contributed by atoms with van der Waals surface area (Å²) in [6, 6.07) is 7.93. The molecule has 152 valence electrons. The van der Waals surface area contributed by atoms with Gasteiger partial charge in [0.15, 0.2) is 5.13 Å². The summed E-state index contributed by atoms with van der Waals surface area (Å²) in [7, 11) is 3.30. The number of fused-ring (bicyclic) bond motifs is 1. The Morgan fingerprint density at radius 2 is 1.93 bits per heavy atom. The quantitative estimate of drug-likeness (QED) is 0.555. The van der Waals surface area contributed by atoms with Gasteiger partial charge in [-0.25, -0.2) is 4.98 Å². The monoisotopic (exact) mass is 423 g/mol.